The first-order chi connectivity index (χ1) is 14.6. The number of benzene rings is 2. The summed E-state index contributed by atoms with van der Waals surface area (Å²) in [6.45, 7) is 11.6. The summed E-state index contributed by atoms with van der Waals surface area (Å²) in [5, 5.41) is 1.66. The Hall–Kier alpha value is -0.843. The molecule has 1 saturated carbocycles. The van der Waals surface area contributed by atoms with Gasteiger partial charge in [0.2, 0.25) is 0 Å². The van der Waals surface area contributed by atoms with Crippen molar-refractivity contribution in [3.05, 3.63) is 69.7 Å². The smallest absolute Gasteiger partial charge is 0.193 e. The number of nitrogens with zero attached hydrogens (tertiary/aromatic N) is 1. The lowest BCUT2D eigenvalue weighted by Gasteiger charge is -2.42. The van der Waals surface area contributed by atoms with E-state index in [0.717, 1.165) is 10.0 Å². The van der Waals surface area contributed by atoms with Gasteiger partial charge in [0.15, 0.2) is 8.32 Å². The molecule has 4 rings (SSSR count). The predicted molar refractivity (Wildman–Crippen MR) is 135 cm³/mol. The molecule has 31 heavy (non-hydrogen) atoms. The number of hydrogen-bond donors (Lipinski definition) is 0. The molecular weight excluding hydrogens is 441 g/mol. The van der Waals surface area contributed by atoms with Gasteiger partial charge < -0.3 is 4.43 Å². The van der Waals surface area contributed by atoms with Crippen molar-refractivity contribution in [1.82, 2.24) is 4.90 Å². The van der Waals surface area contributed by atoms with Gasteiger partial charge in [-0.3, -0.25) is 4.90 Å². The summed E-state index contributed by atoms with van der Waals surface area (Å²) in [7, 11) is -2.04. The van der Waals surface area contributed by atoms with E-state index in [4.69, 9.17) is 27.6 Å². The van der Waals surface area contributed by atoms with E-state index in [2.05, 4.69) is 63.0 Å². The van der Waals surface area contributed by atoms with E-state index < -0.39 is 8.32 Å². The monoisotopic (exact) mass is 475 g/mol. The fourth-order valence-corrected chi connectivity index (χ4v) is 6.39. The molecule has 5 heteroatoms. The fraction of sp³-hybridized carbons (Fsp3) is 0.538. The summed E-state index contributed by atoms with van der Waals surface area (Å²) < 4.78 is 7.20. The highest BCUT2D eigenvalue weighted by molar-refractivity contribution is 6.74. The zero-order valence-corrected chi connectivity index (χ0v) is 21.9. The highest BCUT2D eigenvalue weighted by Gasteiger charge is 2.55. The average molecular weight is 477 g/mol. The molecule has 0 bridgehead atoms. The zero-order chi connectivity index (χ0) is 22.4. The lowest BCUT2D eigenvalue weighted by molar-refractivity contribution is 0.0996. The van der Waals surface area contributed by atoms with Crippen molar-refractivity contribution in [3.63, 3.8) is 0 Å². The van der Waals surface area contributed by atoms with Crippen LogP contribution in [-0.2, 0) is 4.43 Å². The molecule has 2 aromatic carbocycles. The zero-order valence-electron chi connectivity index (χ0n) is 19.4. The van der Waals surface area contributed by atoms with Crippen LogP contribution in [0.5, 0.6) is 0 Å². The minimum atomic E-state index is -2.04. The van der Waals surface area contributed by atoms with Gasteiger partial charge in [0, 0.05) is 22.1 Å². The van der Waals surface area contributed by atoms with Crippen LogP contribution in [0.1, 0.15) is 69.7 Å². The van der Waals surface area contributed by atoms with E-state index in [0.29, 0.717) is 12.1 Å². The summed E-state index contributed by atoms with van der Waals surface area (Å²) in [6, 6.07) is 18.2. The van der Waals surface area contributed by atoms with Crippen molar-refractivity contribution in [1.29, 1.82) is 0 Å². The molecule has 0 amide bonds. The predicted octanol–water partition coefficient (Wildman–Crippen LogP) is 8.42. The maximum atomic E-state index is 7.20. The molecule has 2 fully saturated rings. The molecule has 0 spiro atoms. The topological polar surface area (TPSA) is 12.2 Å². The Morgan fingerprint density at radius 1 is 0.903 bits per heavy atom. The Bertz CT molecular complexity index is 896. The molecule has 0 radical (unpaired) electrons. The van der Waals surface area contributed by atoms with Crippen molar-refractivity contribution in [2.75, 3.05) is 0 Å². The first kappa shape index (κ1) is 23.3. The van der Waals surface area contributed by atoms with Gasteiger partial charge >= 0.3 is 0 Å². The second-order valence-corrected chi connectivity index (χ2v) is 16.3. The second kappa shape index (κ2) is 8.83. The third-order valence-corrected chi connectivity index (χ3v) is 12.5. The average Bonchev–Trinajstić information content (AvgIpc) is 3.42. The number of hydrogen-bond acceptors (Lipinski definition) is 2. The highest BCUT2D eigenvalue weighted by atomic mass is 35.5. The maximum absolute atomic E-state index is 7.20. The molecule has 2 nitrogen and oxygen atoms in total. The van der Waals surface area contributed by atoms with Crippen LogP contribution in [0.15, 0.2) is 48.5 Å². The number of likely N-dealkylation sites (tertiary alicyclic amines) is 1. The number of fused-ring (bicyclic) bond motifs is 1. The molecule has 168 valence electrons. The number of rotatable bonds is 6. The van der Waals surface area contributed by atoms with E-state index >= 15 is 0 Å². The SMILES string of the molecule is CC(C)(C)[Si](C)(C)O[C@H](c1cccc(Cl)c1)[C@@H](c1ccc(Cl)cc1)N1[C@@H]2CCCC[C@@H]21. The fourth-order valence-electron chi connectivity index (χ4n) is 4.81. The molecule has 1 saturated heterocycles. The molecule has 5 atom stereocenters. The van der Waals surface area contributed by atoms with Crippen LogP contribution in [0, 0.1) is 0 Å². The van der Waals surface area contributed by atoms with Gasteiger partial charge in [0.25, 0.3) is 0 Å². The van der Waals surface area contributed by atoms with Crippen molar-refractivity contribution in [3.8, 4) is 0 Å². The van der Waals surface area contributed by atoms with Crippen molar-refractivity contribution < 1.29 is 4.43 Å². The van der Waals surface area contributed by atoms with Crippen molar-refractivity contribution >= 4 is 31.5 Å². The Morgan fingerprint density at radius 3 is 2.06 bits per heavy atom. The molecular formula is C26H35Cl2NOSi. The van der Waals surface area contributed by atoms with Gasteiger partial charge in [-0.05, 0) is 66.4 Å². The summed E-state index contributed by atoms with van der Waals surface area (Å²) in [5.41, 5.74) is 2.45. The van der Waals surface area contributed by atoms with Gasteiger partial charge in [0.05, 0.1) is 12.1 Å². The number of halogens is 2. The van der Waals surface area contributed by atoms with Crippen LogP contribution < -0.4 is 0 Å². The van der Waals surface area contributed by atoms with Crippen LogP contribution in [-0.4, -0.2) is 25.3 Å². The molecule has 1 aliphatic carbocycles. The molecule has 0 aromatic heterocycles. The second-order valence-electron chi connectivity index (χ2n) is 10.7. The largest absolute Gasteiger partial charge is 0.408 e. The van der Waals surface area contributed by atoms with Crippen LogP contribution in [0.25, 0.3) is 0 Å². The Labute approximate surface area is 199 Å². The van der Waals surface area contributed by atoms with Gasteiger partial charge in [-0.15, -0.1) is 0 Å². The highest BCUT2D eigenvalue weighted by Crippen LogP contribution is 2.53. The normalized spacial score (nSPS) is 25.6. The van der Waals surface area contributed by atoms with Gasteiger partial charge in [-0.2, -0.15) is 0 Å². The van der Waals surface area contributed by atoms with E-state index in [1.54, 1.807) is 0 Å². The van der Waals surface area contributed by atoms with Crippen molar-refractivity contribution in [2.24, 2.45) is 0 Å². The van der Waals surface area contributed by atoms with Crippen LogP contribution in [0.3, 0.4) is 0 Å². The van der Waals surface area contributed by atoms with Gasteiger partial charge in [0.1, 0.15) is 0 Å². The van der Waals surface area contributed by atoms with E-state index in [-0.39, 0.29) is 17.2 Å². The lowest BCUT2D eigenvalue weighted by Crippen LogP contribution is -2.43. The van der Waals surface area contributed by atoms with E-state index in [1.165, 1.54) is 36.8 Å². The quantitative estimate of drug-likeness (QED) is 0.306. The minimum Gasteiger partial charge on any atom is -0.408 e. The van der Waals surface area contributed by atoms with E-state index in [9.17, 15) is 0 Å². The summed E-state index contributed by atoms with van der Waals surface area (Å²) in [5.74, 6) is 0. The van der Waals surface area contributed by atoms with Gasteiger partial charge in [-0.1, -0.05) is 81.1 Å². The molecule has 0 N–H and O–H groups in total. The third kappa shape index (κ3) is 4.91. The van der Waals surface area contributed by atoms with Crippen LogP contribution in [0.4, 0.5) is 0 Å². The first-order valence-electron chi connectivity index (χ1n) is 11.5. The van der Waals surface area contributed by atoms with Crippen LogP contribution in [0.2, 0.25) is 28.2 Å². The first-order valence-corrected chi connectivity index (χ1v) is 15.2. The Balaban J connectivity index is 1.80. The summed E-state index contributed by atoms with van der Waals surface area (Å²) in [4.78, 5) is 2.72. The Kier molecular flexibility index (Phi) is 6.64. The lowest BCUT2D eigenvalue weighted by atomic mass is 9.95. The van der Waals surface area contributed by atoms with Crippen molar-refractivity contribution in [2.45, 2.75) is 88.8 Å². The Morgan fingerprint density at radius 2 is 1.52 bits per heavy atom. The van der Waals surface area contributed by atoms with Gasteiger partial charge in [-0.25, -0.2) is 0 Å². The third-order valence-electron chi connectivity index (χ3n) is 7.59. The summed E-state index contributed by atoms with van der Waals surface area (Å²) >= 11 is 12.7. The molecule has 1 heterocycles. The minimum absolute atomic E-state index is 0.0635. The molecule has 2 aliphatic rings. The van der Waals surface area contributed by atoms with E-state index in [1.807, 2.05) is 24.3 Å². The summed E-state index contributed by atoms with van der Waals surface area (Å²) in [6.07, 6.45) is 5.17. The molecule has 1 unspecified atom stereocenters. The standard InChI is InChI=1S/C26H35Cl2NOSi/c1-26(2,3)31(4,5)30-25(19-9-8-10-21(28)17-19)24(18-13-15-20(27)16-14-18)29-22-11-6-7-12-23(22)29/h8-10,13-17,22-25H,6-7,11-12H2,1-5H3/t22-,23+,24-,25-,29?/m1/s1. The maximum Gasteiger partial charge on any atom is 0.193 e. The molecule has 1 aliphatic heterocycles. The molecule has 2 aromatic rings. The van der Waals surface area contributed by atoms with Crippen LogP contribution >= 0.6 is 23.2 Å².